The zero-order valence-electron chi connectivity index (χ0n) is 40.4. The van der Waals surface area contributed by atoms with Crippen LogP contribution in [-0.4, -0.2) is 31.8 Å². The summed E-state index contributed by atoms with van der Waals surface area (Å²) in [5, 5.41) is 2.33. The molecule has 0 unspecified atom stereocenters. The maximum absolute atomic E-state index is 6.90. The molecule has 350 valence electrons. The summed E-state index contributed by atoms with van der Waals surface area (Å²) in [4.78, 5) is 7.79. The Morgan fingerprint density at radius 2 is 1.15 bits per heavy atom. The number of imidazole rings is 1. The van der Waals surface area contributed by atoms with E-state index in [2.05, 4.69) is 248 Å². The Kier molecular flexibility index (Phi) is 10.5. The molecule has 0 fully saturated rings. The third kappa shape index (κ3) is 7.25. The van der Waals surface area contributed by atoms with Crippen molar-refractivity contribution in [3.05, 3.63) is 214 Å². The van der Waals surface area contributed by atoms with Crippen LogP contribution >= 0.6 is 0 Å². The van der Waals surface area contributed by atoms with Crippen LogP contribution in [0.4, 0.5) is 5.69 Å². The van der Waals surface area contributed by atoms with Crippen molar-refractivity contribution >= 4 is 38.5 Å². The second-order valence-corrected chi connectivity index (χ2v) is 21.2. The van der Waals surface area contributed by atoms with Crippen LogP contribution in [0, 0.1) is 10.7 Å². The van der Waals surface area contributed by atoms with Crippen LogP contribution in [0.5, 0.6) is 11.5 Å². The van der Waals surface area contributed by atoms with Crippen LogP contribution in [0.2, 0.25) is 0 Å². The first-order valence-electron chi connectivity index (χ1n) is 24.8. The first-order chi connectivity index (χ1) is 34.7. The smallest absolute Gasteiger partial charge is 0.0579 e. The van der Waals surface area contributed by atoms with Gasteiger partial charge in [-0.2, -0.15) is 0 Å². The molecule has 5 heterocycles. The predicted octanol–water partition coefficient (Wildman–Crippen LogP) is 15.7. The normalized spacial score (nSPS) is 13.4. The van der Waals surface area contributed by atoms with Gasteiger partial charge in [-0.05, 0) is 29.0 Å². The molecule has 0 saturated carbocycles. The minimum absolute atomic E-state index is 0.0969. The number of pyridine rings is 1. The molecular formula is C64H53N5OPt. The van der Waals surface area contributed by atoms with Crippen LogP contribution in [0.25, 0.3) is 83.4 Å². The van der Waals surface area contributed by atoms with Crippen molar-refractivity contribution < 1.29 is 24.1 Å². The number of aromatic nitrogens is 4. The average molecular weight is 1100 g/mol. The van der Waals surface area contributed by atoms with E-state index in [9.17, 15) is 0 Å². The molecule has 11 aromatic rings. The summed E-state index contributed by atoms with van der Waals surface area (Å²) in [6.45, 7) is 11.1. The molecule has 0 atom stereocenters. The molecule has 0 N–H and O–H groups in total. The molecule has 0 radical (unpaired) electrons. The summed E-state index contributed by atoms with van der Waals surface area (Å²) in [5.41, 5.74) is 21.2. The number of benzene rings is 8. The van der Waals surface area contributed by atoms with E-state index < -0.39 is 0 Å². The number of fused-ring (bicyclic) bond motifs is 4. The van der Waals surface area contributed by atoms with Crippen LogP contribution in [-0.2, 0) is 37.6 Å². The zero-order valence-corrected chi connectivity index (χ0v) is 42.7. The van der Waals surface area contributed by atoms with Gasteiger partial charge in [-0.1, -0.05) is 57.2 Å². The molecule has 6 nitrogen and oxygen atoms in total. The van der Waals surface area contributed by atoms with Gasteiger partial charge in [-0.15, -0.1) is 0 Å². The Balaban J connectivity index is 0.930. The van der Waals surface area contributed by atoms with Crippen molar-refractivity contribution in [3.8, 4) is 62.1 Å². The van der Waals surface area contributed by atoms with Crippen LogP contribution in [0.15, 0.2) is 188 Å². The third-order valence-electron chi connectivity index (χ3n) is 14.8. The Bertz CT molecular complexity index is 3950. The van der Waals surface area contributed by atoms with Gasteiger partial charge in [0.25, 0.3) is 0 Å². The monoisotopic (exact) mass is 1100 g/mol. The molecule has 0 saturated heterocycles. The Morgan fingerprint density at radius 3 is 1.86 bits per heavy atom. The molecule has 13 rings (SSSR count). The van der Waals surface area contributed by atoms with Gasteiger partial charge in [0.1, 0.15) is 0 Å². The van der Waals surface area contributed by atoms with E-state index in [1.165, 1.54) is 66.8 Å². The first kappa shape index (κ1) is 43.5. The van der Waals surface area contributed by atoms with Crippen molar-refractivity contribution in [3.63, 3.8) is 0 Å². The van der Waals surface area contributed by atoms with Crippen LogP contribution < -0.4 is 9.64 Å². The fourth-order valence-electron chi connectivity index (χ4n) is 11.6. The zero-order chi connectivity index (χ0) is 48.0. The molecule has 2 aliphatic heterocycles. The van der Waals surface area contributed by atoms with E-state index in [1.54, 1.807) is 0 Å². The molecule has 3 aromatic heterocycles. The number of nitrogens with zero attached hydrogens (tertiary/aromatic N) is 5. The number of hydrogen-bond acceptors (Lipinski definition) is 3. The minimum Gasteiger partial charge on any atom is -0.0579 e. The van der Waals surface area contributed by atoms with Gasteiger partial charge < -0.3 is 0 Å². The van der Waals surface area contributed by atoms with Gasteiger partial charge >= 0.3 is 330 Å². The summed E-state index contributed by atoms with van der Waals surface area (Å²) in [5.74, 6) is 2.40. The molecule has 0 amide bonds. The third-order valence-corrected chi connectivity index (χ3v) is 15.9. The Hall–Kier alpha value is -7.53. The van der Waals surface area contributed by atoms with E-state index in [4.69, 9.17) is 9.72 Å². The quantitative estimate of drug-likeness (QED) is 0.152. The van der Waals surface area contributed by atoms with Gasteiger partial charge in [-0.3, -0.25) is 0 Å². The van der Waals surface area contributed by atoms with E-state index in [0.29, 0.717) is 0 Å². The van der Waals surface area contributed by atoms with Crippen molar-refractivity contribution in [2.24, 2.45) is 0 Å². The number of rotatable bonds is 8. The van der Waals surface area contributed by atoms with Crippen molar-refractivity contribution in [1.82, 2.24) is 18.7 Å². The number of para-hydroxylation sites is 3. The Labute approximate surface area is 425 Å². The van der Waals surface area contributed by atoms with E-state index in [0.717, 1.165) is 92.2 Å². The minimum atomic E-state index is 0.0969. The van der Waals surface area contributed by atoms with Crippen molar-refractivity contribution in [2.75, 3.05) is 18.0 Å². The summed E-state index contributed by atoms with van der Waals surface area (Å²) in [6.07, 6.45) is 5.27. The number of aryl methyl sites for hydroxylation is 1. The molecule has 7 heteroatoms. The molecule has 71 heavy (non-hydrogen) atoms. The maximum atomic E-state index is 6.90. The summed E-state index contributed by atoms with van der Waals surface area (Å²) < 4.78 is 15.2. The van der Waals surface area contributed by atoms with Crippen molar-refractivity contribution in [1.29, 1.82) is 0 Å². The summed E-state index contributed by atoms with van der Waals surface area (Å²) in [7, 11) is 0. The first-order valence-corrected chi connectivity index (χ1v) is 26.0. The van der Waals surface area contributed by atoms with Crippen LogP contribution in [0.1, 0.15) is 49.4 Å². The molecule has 2 aliphatic rings. The van der Waals surface area contributed by atoms with Crippen LogP contribution in [0.3, 0.4) is 0 Å². The van der Waals surface area contributed by atoms with E-state index in [1.807, 2.05) is 6.20 Å². The van der Waals surface area contributed by atoms with E-state index in [-0.39, 0.29) is 5.41 Å². The fraction of sp³-hybridized carbons (Fsp3) is 0.156. The topological polar surface area (TPSA) is 40.1 Å². The molecule has 0 spiro atoms. The van der Waals surface area contributed by atoms with Gasteiger partial charge in [0.2, 0.25) is 0 Å². The van der Waals surface area contributed by atoms with E-state index >= 15 is 0 Å². The van der Waals surface area contributed by atoms with Gasteiger partial charge in [0.05, 0.1) is 0 Å². The summed E-state index contributed by atoms with van der Waals surface area (Å²) in [6, 6.07) is 65.8. The van der Waals surface area contributed by atoms with Gasteiger partial charge in [-0.25, -0.2) is 0 Å². The Morgan fingerprint density at radius 1 is 0.521 bits per heavy atom. The predicted molar refractivity (Wildman–Crippen MR) is 288 cm³/mol. The van der Waals surface area contributed by atoms with Crippen molar-refractivity contribution in [2.45, 2.75) is 52.4 Å². The van der Waals surface area contributed by atoms with Gasteiger partial charge in [0.15, 0.2) is 0 Å². The standard InChI is InChI=1S/C64H53N5O.Pt/c1-42-37-59(65-40-54(42)43-28-30-46(31-29-43)64(2,3)4)69-55-25-12-11-23-50(55)51-33-32-49(39-58(51)69)70-48-22-15-21-47(38-48)67-41-68(57-27-14-13-26-56(57)67)63-60(44-17-7-5-8-18-44)52-24-16-35-66-36-34-53(62(52)66)61(63)45-19-9-6-10-20-45;/h5-15,17-23,25-33,37-40H,16,24,34-36H2,1-4H3;. The molecule has 0 bridgehead atoms. The summed E-state index contributed by atoms with van der Waals surface area (Å²) >= 11 is 2.58. The second kappa shape index (κ2) is 17.1. The van der Waals surface area contributed by atoms with Gasteiger partial charge in [0, 0.05) is 11.8 Å². The number of hydrogen-bond donors (Lipinski definition) is 0. The molecular weight excluding hydrogens is 1050 g/mol. The molecule has 8 aromatic carbocycles. The molecule has 0 aliphatic carbocycles. The number of ether oxygens (including phenoxy) is 1. The second-order valence-electron chi connectivity index (χ2n) is 20.2. The SMILES string of the molecule is Cc1cc(-n2c3ccccc3c3ccc(Oc4cccc(-n5[c](=[Pt])n(-c6c(-c7ccccc7)c7c8c(c6-c6ccccc6)CCN8CCC7)c6ccccc65)c4)cc32)ncc1-c1ccc(C(C)(C)C)cc1. The average Bonchev–Trinajstić information content (AvgIpc) is 4.06. The number of anilines is 1. The fourth-order valence-corrected chi connectivity index (χ4v) is 12.6.